The van der Waals surface area contributed by atoms with E-state index in [4.69, 9.17) is 30.0 Å². The van der Waals surface area contributed by atoms with Gasteiger partial charge in [-0.1, -0.05) is 35.0 Å². The lowest BCUT2D eigenvalue weighted by atomic mass is 10.2. The van der Waals surface area contributed by atoms with Gasteiger partial charge in [0.25, 0.3) is 5.89 Å². The zero-order valence-electron chi connectivity index (χ0n) is 15.1. The van der Waals surface area contributed by atoms with Crippen LogP contribution in [0.3, 0.4) is 0 Å². The number of carbonyl (C=O) groups excluding carboxylic acids is 1. The molecule has 4 aromatic rings. The lowest BCUT2D eigenvalue weighted by Gasteiger charge is -2.03. The second-order valence-corrected chi connectivity index (χ2v) is 6.40. The Morgan fingerprint density at radius 2 is 1.76 bits per heavy atom. The number of nitrogens with zero attached hydrogens (tertiary/aromatic N) is 2. The Bertz CT molecular complexity index is 1090. The molecule has 0 radical (unpaired) electrons. The molecule has 2 heterocycles. The predicted molar refractivity (Wildman–Crippen MR) is 103 cm³/mol. The Morgan fingerprint density at radius 3 is 2.55 bits per heavy atom. The van der Waals surface area contributed by atoms with E-state index in [1.54, 1.807) is 30.3 Å². The van der Waals surface area contributed by atoms with E-state index in [1.807, 2.05) is 30.3 Å². The molecule has 4 rings (SSSR count). The van der Waals surface area contributed by atoms with Crippen molar-refractivity contribution in [2.45, 2.75) is 13.2 Å². The van der Waals surface area contributed by atoms with Gasteiger partial charge in [-0.15, -0.1) is 0 Å². The molecule has 0 saturated heterocycles. The highest BCUT2D eigenvalue weighted by Gasteiger charge is 2.16. The molecule has 0 aliphatic carbocycles. The van der Waals surface area contributed by atoms with Gasteiger partial charge in [-0.05, 0) is 48.5 Å². The highest BCUT2D eigenvalue weighted by Crippen LogP contribution is 2.19. The van der Waals surface area contributed by atoms with E-state index in [2.05, 4.69) is 10.1 Å². The molecule has 0 N–H and O–H groups in total. The van der Waals surface area contributed by atoms with E-state index < -0.39 is 5.97 Å². The van der Waals surface area contributed by atoms with Crippen LogP contribution in [-0.2, 0) is 18.0 Å². The number of aromatic nitrogens is 2. The minimum absolute atomic E-state index is 0.0640. The van der Waals surface area contributed by atoms with Gasteiger partial charge in [-0.25, -0.2) is 4.79 Å². The van der Waals surface area contributed by atoms with Gasteiger partial charge in [0.2, 0.25) is 11.6 Å². The van der Waals surface area contributed by atoms with Gasteiger partial charge in [-0.3, -0.25) is 0 Å². The van der Waals surface area contributed by atoms with Gasteiger partial charge in [0.15, 0.2) is 6.61 Å². The van der Waals surface area contributed by atoms with Crippen molar-refractivity contribution in [1.29, 1.82) is 0 Å². The van der Waals surface area contributed by atoms with Crippen molar-refractivity contribution in [2.24, 2.45) is 0 Å². The maximum atomic E-state index is 12.2. The average molecular weight is 411 g/mol. The third-order valence-electron chi connectivity index (χ3n) is 3.88. The van der Waals surface area contributed by atoms with E-state index in [0.717, 1.165) is 5.56 Å². The normalized spacial score (nSPS) is 10.7. The smallest absolute Gasteiger partial charge is 0.374 e. The summed E-state index contributed by atoms with van der Waals surface area (Å²) in [7, 11) is 0. The fraction of sp³-hybridized carbons (Fsp3) is 0.0952. The highest BCUT2D eigenvalue weighted by molar-refractivity contribution is 6.30. The van der Waals surface area contributed by atoms with Crippen LogP contribution in [0.25, 0.3) is 11.4 Å². The van der Waals surface area contributed by atoms with Gasteiger partial charge < -0.3 is 18.4 Å². The average Bonchev–Trinajstić information content (AvgIpc) is 3.42. The summed E-state index contributed by atoms with van der Waals surface area (Å²) in [5, 5.41) is 4.47. The topological polar surface area (TPSA) is 87.6 Å². The fourth-order valence-electron chi connectivity index (χ4n) is 2.46. The molecule has 0 spiro atoms. The van der Waals surface area contributed by atoms with Crippen LogP contribution in [-0.4, -0.2) is 16.1 Å². The van der Waals surface area contributed by atoms with Crippen molar-refractivity contribution >= 4 is 17.6 Å². The van der Waals surface area contributed by atoms with Crippen LogP contribution in [0.15, 0.2) is 75.7 Å². The van der Waals surface area contributed by atoms with Gasteiger partial charge in [0.05, 0.1) is 0 Å². The van der Waals surface area contributed by atoms with Crippen molar-refractivity contribution in [3.8, 4) is 17.1 Å². The first-order valence-corrected chi connectivity index (χ1v) is 9.07. The number of ether oxygens (including phenoxy) is 2. The molecule has 0 unspecified atom stereocenters. The standard InChI is InChI=1S/C21H15ClN2O5/c22-15-8-6-14(7-9-15)20-23-19(29-24-20)13-27-21(25)18-11-10-17(28-18)12-26-16-4-2-1-3-5-16/h1-11H,12-13H2. The quantitative estimate of drug-likeness (QED) is 0.399. The Morgan fingerprint density at radius 1 is 0.966 bits per heavy atom. The molecule has 2 aromatic carbocycles. The third-order valence-corrected chi connectivity index (χ3v) is 4.14. The number of esters is 1. The molecule has 0 bridgehead atoms. The second kappa shape index (κ2) is 8.62. The summed E-state index contributed by atoms with van der Waals surface area (Å²) in [6.45, 7) is 0.0291. The molecule has 8 heteroatoms. The number of para-hydroxylation sites is 1. The van der Waals surface area contributed by atoms with Crippen LogP contribution in [0.2, 0.25) is 5.02 Å². The summed E-state index contributed by atoms with van der Waals surface area (Å²) in [6, 6.07) is 19.5. The van der Waals surface area contributed by atoms with E-state index in [1.165, 1.54) is 6.07 Å². The van der Waals surface area contributed by atoms with Crippen molar-refractivity contribution in [1.82, 2.24) is 10.1 Å². The molecule has 7 nitrogen and oxygen atoms in total. The van der Waals surface area contributed by atoms with Crippen LogP contribution in [0.1, 0.15) is 22.2 Å². The van der Waals surface area contributed by atoms with Gasteiger partial charge in [-0.2, -0.15) is 4.98 Å². The minimum atomic E-state index is -0.637. The lowest BCUT2D eigenvalue weighted by Crippen LogP contribution is -2.04. The monoisotopic (exact) mass is 410 g/mol. The van der Waals surface area contributed by atoms with Crippen LogP contribution in [0.4, 0.5) is 0 Å². The van der Waals surface area contributed by atoms with Crippen LogP contribution >= 0.6 is 11.6 Å². The number of hydrogen-bond donors (Lipinski definition) is 0. The summed E-state index contributed by atoms with van der Waals surface area (Å²) in [6.07, 6.45) is 0. The predicted octanol–water partition coefficient (Wildman–Crippen LogP) is 4.92. The zero-order chi connectivity index (χ0) is 20.1. The Hall–Kier alpha value is -3.58. The number of halogens is 1. The van der Waals surface area contributed by atoms with E-state index in [-0.39, 0.29) is 24.9 Å². The first-order valence-electron chi connectivity index (χ1n) is 8.69. The summed E-state index contributed by atoms with van der Waals surface area (Å²) < 4.78 is 21.3. The Labute approximate surface area is 170 Å². The minimum Gasteiger partial charge on any atom is -0.486 e. The first kappa shape index (κ1) is 18.8. The number of furan rings is 1. The molecule has 0 atom stereocenters. The largest absolute Gasteiger partial charge is 0.486 e. The molecule has 0 fully saturated rings. The van der Waals surface area contributed by atoms with Gasteiger partial charge in [0, 0.05) is 10.6 Å². The van der Waals surface area contributed by atoms with Crippen LogP contribution in [0.5, 0.6) is 5.75 Å². The SMILES string of the molecule is O=C(OCc1nc(-c2ccc(Cl)cc2)no1)c1ccc(COc2ccccc2)o1. The maximum Gasteiger partial charge on any atom is 0.374 e. The van der Waals surface area contributed by atoms with Crippen LogP contribution in [0, 0.1) is 0 Å². The van der Waals surface area contributed by atoms with Gasteiger partial charge in [0.1, 0.15) is 18.1 Å². The summed E-state index contributed by atoms with van der Waals surface area (Å²) in [4.78, 5) is 16.4. The van der Waals surface area contributed by atoms with Crippen LogP contribution < -0.4 is 4.74 Å². The second-order valence-electron chi connectivity index (χ2n) is 5.96. The van der Waals surface area contributed by atoms with Gasteiger partial charge >= 0.3 is 5.97 Å². The van der Waals surface area contributed by atoms with E-state index in [9.17, 15) is 4.79 Å². The first-order chi connectivity index (χ1) is 14.2. The highest BCUT2D eigenvalue weighted by atomic mass is 35.5. The molecule has 0 aliphatic heterocycles. The molecular formula is C21H15ClN2O5. The molecule has 0 saturated carbocycles. The molecule has 2 aromatic heterocycles. The lowest BCUT2D eigenvalue weighted by molar-refractivity contribution is 0.0390. The van der Waals surface area contributed by atoms with Crippen molar-refractivity contribution < 1.29 is 23.2 Å². The van der Waals surface area contributed by atoms with Crippen molar-refractivity contribution in [3.63, 3.8) is 0 Å². The van der Waals surface area contributed by atoms with E-state index >= 15 is 0 Å². The Balaban J connectivity index is 1.31. The number of benzene rings is 2. The summed E-state index contributed by atoms with van der Waals surface area (Å²) in [5.74, 6) is 1.19. The molecule has 0 aliphatic rings. The Kier molecular flexibility index (Phi) is 5.58. The summed E-state index contributed by atoms with van der Waals surface area (Å²) >= 11 is 5.86. The number of rotatable bonds is 7. The number of carbonyl (C=O) groups is 1. The molecule has 0 amide bonds. The zero-order valence-corrected chi connectivity index (χ0v) is 15.8. The number of hydrogen-bond acceptors (Lipinski definition) is 7. The molecular weight excluding hydrogens is 396 g/mol. The van der Waals surface area contributed by atoms with E-state index in [0.29, 0.717) is 22.4 Å². The molecule has 146 valence electrons. The van der Waals surface area contributed by atoms with Crippen molar-refractivity contribution in [3.05, 3.63) is 89.2 Å². The third kappa shape index (κ3) is 4.83. The fourth-order valence-corrected chi connectivity index (χ4v) is 2.59. The summed E-state index contributed by atoms with van der Waals surface area (Å²) in [5.41, 5.74) is 0.741. The molecule has 29 heavy (non-hydrogen) atoms. The maximum absolute atomic E-state index is 12.2. The van der Waals surface area contributed by atoms with Crippen molar-refractivity contribution in [2.75, 3.05) is 0 Å².